The number of hydrogen-bond acceptors (Lipinski definition) is 3. The standard InChI is InChI=1S/C8H6BrIN4/c9-4-2-1-3-5(10)6(4)7-12-8(11)14-13-7/h1-3H,(H3,11,12,13,14). The summed E-state index contributed by atoms with van der Waals surface area (Å²) in [5, 5.41) is 6.58. The number of benzene rings is 1. The molecular formula is C8H6BrIN4. The first kappa shape index (κ1) is 9.91. The van der Waals surface area contributed by atoms with E-state index in [4.69, 9.17) is 5.73 Å². The summed E-state index contributed by atoms with van der Waals surface area (Å²) in [6.07, 6.45) is 0. The topological polar surface area (TPSA) is 67.6 Å². The number of nitrogens with two attached hydrogens (primary N) is 1. The second kappa shape index (κ2) is 3.85. The number of H-pyrrole nitrogens is 1. The maximum atomic E-state index is 5.44. The summed E-state index contributed by atoms with van der Waals surface area (Å²) < 4.78 is 2.06. The van der Waals surface area contributed by atoms with Crippen molar-refractivity contribution in [1.29, 1.82) is 0 Å². The minimum Gasteiger partial charge on any atom is -0.366 e. The number of rotatable bonds is 1. The van der Waals surface area contributed by atoms with Gasteiger partial charge in [-0.25, -0.2) is 0 Å². The van der Waals surface area contributed by atoms with Crippen molar-refractivity contribution in [3.63, 3.8) is 0 Å². The summed E-state index contributed by atoms with van der Waals surface area (Å²) in [5.74, 6) is 0.936. The molecule has 0 saturated carbocycles. The molecule has 0 atom stereocenters. The quantitative estimate of drug-likeness (QED) is 0.763. The highest BCUT2D eigenvalue weighted by molar-refractivity contribution is 14.1. The number of halogens is 2. The Morgan fingerprint density at radius 1 is 1.43 bits per heavy atom. The third-order valence-electron chi connectivity index (χ3n) is 1.70. The first-order valence-corrected chi connectivity index (χ1v) is 5.68. The fourth-order valence-electron chi connectivity index (χ4n) is 1.11. The van der Waals surface area contributed by atoms with Gasteiger partial charge in [0.25, 0.3) is 0 Å². The van der Waals surface area contributed by atoms with E-state index in [1.54, 1.807) is 0 Å². The molecule has 0 fully saturated rings. The molecule has 6 heteroatoms. The third-order valence-corrected chi connectivity index (χ3v) is 3.26. The number of aromatic nitrogens is 3. The molecule has 0 spiro atoms. The van der Waals surface area contributed by atoms with Gasteiger partial charge in [-0.3, -0.25) is 5.10 Å². The lowest BCUT2D eigenvalue weighted by Crippen LogP contribution is -1.88. The highest BCUT2D eigenvalue weighted by atomic mass is 127. The van der Waals surface area contributed by atoms with E-state index in [9.17, 15) is 0 Å². The fourth-order valence-corrected chi connectivity index (χ4v) is 2.79. The van der Waals surface area contributed by atoms with Gasteiger partial charge < -0.3 is 5.73 Å². The Kier molecular flexibility index (Phi) is 2.73. The second-order valence-electron chi connectivity index (χ2n) is 2.64. The van der Waals surface area contributed by atoms with Crippen molar-refractivity contribution in [1.82, 2.24) is 15.2 Å². The van der Waals surface area contributed by atoms with Crippen LogP contribution in [0.3, 0.4) is 0 Å². The number of hydrogen-bond donors (Lipinski definition) is 2. The molecule has 0 aliphatic rings. The van der Waals surface area contributed by atoms with E-state index in [0.29, 0.717) is 5.82 Å². The van der Waals surface area contributed by atoms with E-state index in [2.05, 4.69) is 53.7 Å². The predicted octanol–water partition coefficient (Wildman–Crippen LogP) is 2.42. The van der Waals surface area contributed by atoms with Crippen molar-refractivity contribution in [2.75, 3.05) is 5.73 Å². The average Bonchev–Trinajstić information content (AvgIpc) is 2.51. The zero-order valence-electron chi connectivity index (χ0n) is 6.96. The minimum absolute atomic E-state index is 0.256. The molecule has 0 saturated heterocycles. The summed E-state index contributed by atoms with van der Waals surface area (Å²) in [4.78, 5) is 4.08. The van der Waals surface area contributed by atoms with Crippen molar-refractivity contribution < 1.29 is 0 Å². The molecule has 14 heavy (non-hydrogen) atoms. The number of nitrogens with zero attached hydrogens (tertiary/aromatic N) is 2. The van der Waals surface area contributed by atoms with E-state index >= 15 is 0 Å². The van der Waals surface area contributed by atoms with Crippen molar-refractivity contribution >= 4 is 44.5 Å². The van der Waals surface area contributed by atoms with Gasteiger partial charge in [-0.2, -0.15) is 4.98 Å². The zero-order valence-corrected chi connectivity index (χ0v) is 10.7. The summed E-state index contributed by atoms with van der Waals surface area (Å²) in [6.45, 7) is 0. The predicted molar refractivity (Wildman–Crippen MR) is 66.6 cm³/mol. The van der Waals surface area contributed by atoms with Crippen molar-refractivity contribution in [3.8, 4) is 11.4 Å². The van der Waals surface area contributed by atoms with Crippen LogP contribution in [0.15, 0.2) is 22.7 Å². The molecule has 3 N–H and O–H groups in total. The molecule has 1 aromatic carbocycles. The Hall–Kier alpha value is -0.630. The van der Waals surface area contributed by atoms with Gasteiger partial charge >= 0.3 is 0 Å². The van der Waals surface area contributed by atoms with Gasteiger partial charge in [0, 0.05) is 13.6 Å². The summed E-state index contributed by atoms with van der Waals surface area (Å²) >= 11 is 5.70. The van der Waals surface area contributed by atoms with Crippen LogP contribution in [0.2, 0.25) is 0 Å². The maximum absolute atomic E-state index is 5.44. The highest BCUT2D eigenvalue weighted by Gasteiger charge is 2.10. The normalized spacial score (nSPS) is 10.4. The molecule has 0 unspecified atom stereocenters. The molecule has 0 aliphatic carbocycles. The molecule has 0 bridgehead atoms. The van der Waals surface area contributed by atoms with Crippen LogP contribution < -0.4 is 5.73 Å². The summed E-state index contributed by atoms with van der Waals surface area (Å²) in [5.41, 5.74) is 6.43. The molecule has 0 radical (unpaired) electrons. The molecule has 1 heterocycles. The van der Waals surface area contributed by atoms with Crippen LogP contribution >= 0.6 is 38.5 Å². The lowest BCUT2D eigenvalue weighted by atomic mass is 10.2. The van der Waals surface area contributed by atoms with Crippen molar-refractivity contribution in [2.24, 2.45) is 0 Å². The Bertz CT molecular complexity index is 448. The summed E-state index contributed by atoms with van der Waals surface area (Å²) in [7, 11) is 0. The molecule has 0 amide bonds. The monoisotopic (exact) mass is 364 g/mol. The Morgan fingerprint density at radius 2 is 2.21 bits per heavy atom. The number of aromatic amines is 1. The van der Waals surface area contributed by atoms with Crippen LogP contribution in [0.5, 0.6) is 0 Å². The molecule has 1 aromatic heterocycles. The third kappa shape index (κ3) is 1.76. The van der Waals surface area contributed by atoms with E-state index in [-0.39, 0.29) is 5.95 Å². The fraction of sp³-hybridized carbons (Fsp3) is 0. The maximum Gasteiger partial charge on any atom is 0.239 e. The number of nitrogen functional groups attached to an aromatic ring is 1. The Labute approximate surface area is 103 Å². The van der Waals surface area contributed by atoms with Gasteiger partial charge in [0.15, 0.2) is 5.82 Å². The number of nitrogens with one attached hydrogen (secondary N) is 1. The van der Waals surface area contributed by atoms with Crippen LogP contribution in [-0.2, 0) is 0 Å². The van der Waals surface area contributed by atoms with Crippen LogP contribution in [0.25, 0.3) is 11.4 Å². The SMILES string of the molecule is Nc1n[nH]c(-c2c(Br)cccc2I)n1. The van der Waals surface area contributed by atoms with Gasteiger partial charge in [-0.1, -0.05) is 6.07 Å². The first-order chi connectivity index (χ1) is 6.68. The van der Waals surface area contributed by atoms with E-state index in [1.807, 2.05) is 18.2 Å². The molecule has 2 rings (SSSR count). The molecule has 2 aromatic rings. The smallest absolute Gasteiger partial charge is 0.239 e. The molecule has 0 aliphatic heterocycles. The Balaban J connectivity index is 2.61. The van der Waals surface area contributed by atoms with Crippen LogP contribution in [0.1, 0.15) is 0 Å². The van der Waals surface area contributed by atoms with Crippen molar-refractivity contribution in [3.05, 3.63) is 26.2 Å². The average molecular weight is 365 g/mol. The van der Waals surface area contributed by atoms with Gasteiger partial charge in [0.2, 0.25) is 5.95 Å². The van der Waals surface area contributed by atoms with E-state index < -0.39 is 0 Å². The van der Waals surface area contributed by atoms with Crippen LogP contribution in [0, 0.1) is 3.57 Å². The zero-order chi connectivity index (χ0) is 10.1. The summed E-state index contributed by atoms with van der Waals surface area (Å²) in [6, 6.07) is 5.92. The van der Waals surface area contributed by atoms with Gasteiger partial charge in [-0.05, 0) is 50.7 Å². The lowest BCUT2D eigenvalue weighted by Gasteiger charge is -2.02. The highest BCUT2D eigenvalue weighted by Crippen LogP contribution is 2.30. The molecule has 4 nitrogen and oxygen atoms in total. The van der Waals surface area contributed by atoms with Crippen LogP contribution in [0.4, 0.5) is 5.95 Å². The first-order valence-electron chi connectivity index (χ1n) is 3.81. The second-order valence-corrected chi connectivity index (χ2v) is 4.66. The van der Waals surface area contributed by atoms with E-state index in [1.165, 1.54) is 0 Å². The van der Waals surface area contributed by atoms with Gasteiger partial charge in [0.05, 0.1) is 0 Å². The van der Waals surface area contributed by atoms with Gasteiger partial charge in [0.1, 0.15) is 0 Å². The van der Waals surface area contributed by atoms with Gasteiger partial charge in [-0.15, -0.1) is 5.10 Å². The molecule has 72 valence electrons. The minimum atomic E-state index is 0.256. The molecular weight excluding hydrogens is 359 g/mol. The number of anilines is 1. The van der Waals surface area contributed by atoms with Crippen LogP contribution in [-0.4, -0.2) is 15.2 Å². The lowest BCUT2D eigenvalue weighted by molar-refractivity contribution is 1.10. The largest absolute Gasteiger partial charge is 0.366 e. The Morgan fingerprint density at radius 3 is 2.79 bits per heavy atom. The van der Waals surface area contributed by atoms with E-state index in [0.717, 1.165) is 13.6 Å². The van der Waals surface area contributed by atoms with Crippen molar-refractivity contribution in [2.45, 2.75) is 0 Å².